The fraction of sp³-hybridized carbons (Fsp3) is 0.281. The number of anilines is 2. The van der Waals surface area contributed by atoms with Crippen molar-refractivity contribution in [3.05, 3.63) is 109 Å². The topological polar surface area (TPSA) is 71.4 Å². The van der Waals surface area contributed by atoms with Gasteiger partial charge >= 0.3 is 0 Å². The first kappa shape index (κ1) is 26.1. The van der Waals surface area contributed by atoms with E-state index in [0.717, 1.165) is 11.4 Å². The number of hydrogen-bond acceptors (Lipinski definition) is 4. The normalized spacial score (nSPS) is 19.3. The maximum absolute atomic E-state index is 12.5. The number of ether oxygens (including phenoxy) is 1. The molecule has 2 aliphatic rings. The number of pyridine rings is 1. The molecule has 0 spiro atoms. The van der Waals surface area contributed by atoms with Crippen LogP contribution in [0.4, 0.5) is 11.4 Å². The molecule has 1 saturated heterocycles. The molecule has 1 amide bonds. The standard InChI is InChI=1S/C32H33N5O2S/c38-29(22-39-26-12-5-2-6-13-26)34-23-16-18-25(19-17-23)37-31(30(35-32(37)40)27-14-7-8-20-33-27)28-15-9-21-36(28)24-10-3-1-4-11-24/h2,5-9,12-21,24,30-31H,1,3-4,10-11,22H2,(H,34,38)(H,35,40)/t30-,31+/m0/s1. The lowest BCUT2D eigenvalue weighted by Crippen LogP contribution is -2.31. The number of amides is 1. The largest absolute Gasteiger partial charge is 0.484 e. The Morgan fingerprint density at radius 2 is 1.73 bits per heavy atom. The van der Waals surface area contributed by atoms with Crippen LogP contribution in [-0.4, -0.2) is 27.2 Å². The number of hydrogen-bond donors (Lipinski definition) is 2. The molecule has 204 valence electrons. The zero-order valence-corrected chi connectivity index (χ0v) is 23.1. The fourth-order valence-corrected chi connectivity index (χ4v) is 6.20. The third kappa shape index (κ3) is 5.58. The first-order valence-corrected chi connectivity index (χ1v) is 14.3. The molecule has 2 aromatic carbocycles. The highest BCUT2D eigenvalue weighted by molar-refractivity contribution is 7.80. The summed E-state index contributed by atoms with van der Waals surface area (Å²) in [6.45, 7) is -0.0577. The molecule has 0 bridgehead atoms. The zero-order chi connectivity index (χ0) is 27.3. The van der Waals surface area contributed by atoms with Crippen LogP contribution in [0.3, 0.4) is 0 Å². The summed E-state index contributed by atoms with van der Waals surface area (Å²) in [7, 11) is 0. The number of benzene rings is 2. The molecule has 2 N–H and O–H groups in total. The van der Waals surface area contributed by atoms with Gasteiger partial charge in [0.2, 0.25) is 0 Å². The van der Waals surface area contributed by atoms with Gasteiger partial charge in [-0.2, -0.15) is 0 Å². The van der Waals surface area contributed by atoms with Gasteiger partial charge in [-0.1, -0.05) is 43.5 Å². The van der Waals surface area contributed by atoms with E-state index in [-0.39, 0.29) is 24.6 Å². The maximum atomic E-state index is 12.5. The van der Waals surface area contributed by atoms with Crippen molar-refractivity contribution >= 4 is 34.6 Å². The summed E-state index contributed by atoms with van der Waals surface area (Å²) in [4.78, 5) is 19.4. The second kappa shape index (κ2) is 11.9. The van der Waals surface area contributed by atoms with Gasteiger partial charge in [-0.3, -0.25) is 9.78 Å². The predicted octanol–water partition coefficient (Wildman–Crippen LogP) is 6.58. The van der Waals surface area contributed by atoms with Crippen LogP contribution in [0.1, 0.15) is 61.6 Å². The van der Waals surface area contributed by atoms with Gasteiger partial charge in [0.05, 0.1) is 11.7 Å². The number of aromatic nitrogens is 2. The fourth-order valence-electron chi connectivity index (χ4n) is 5.85. The van der Waals surface area contributed by atoms with Gasteiger partial charge in [0.1, 0.15) is 11.8 Å². The van der Waals surface area contributed by atoms with Gasteiger partial charge < -0.3 is 24.8 Å². The van der Waals surface area contributed by atoms with Crippen LogP contribution in [0.5, 0.6) is 5.75 Å². The van der Waals surface area contributed by atoms with E-state index in [0.29, 0.717) is 22.6 Å². The molecule has 2 aromatic heterocycles. The molecule has 6 rings (SSSR count). The first-order chi connectivity index (χ1) is 19.7. The molecular formula is C32H33N5O2S. The van der Waals surface area contributed by atoms with Crippen LogP contribution < -0.4 is 20.3 Å². The Morgan fingerprint density at radius 3 is 2.48 bits per heavy atom. The van der Waals surface area contributed by atoms with Gasteiger partial charge in [-0.25, -0.2) is 0 Å². The zero-order valence-electron chi connectivity index (χ0n) is 22.3. The highest BCUT2D eigenvalue weighted by atomic mass is 32.1. The number of para-hydroxylation sites is 1. The molecule has 7 nitrogen and oxygen atoms in total. The van der Waals surface area contributed by atoms with Crippen molar-refractivity contribution in [1.82, 2.24) is 14.9 Å². The minimum atomic E-state index is -0.214. The number of rotatable bonds is 8. The molecular weight excluding hydrogens is 518 g/mol. The van der Waals surface area contributed by atoms with Gasteiger partial charge in [-0.05, 0) is 85.7 Å². The average molecular weight is 552 g/mol. The number of thiocarbonyl (C=S) groups is 1. The van der Waals surface area contributed by atoms with E-state index < -0.39 is 0 Å². The van der Waals surface area contributed by atoms with Gasteiger partial charge in [0, 0.05) is 35.5 Å². The average Bonchev–Trinajstić information content (AvgIpc) is 3.62. The van der Waals surface area contributed by atoms with Crippen LogP contribution in [-0.2, 0) is 4.79 Å². The lowest BCUT2D eigenvalue weighted by molar-refractivity contribution is -0.118. The SMILES string of the molecule is O=C(COc1ccccc1)Nc1ccc(N2C(=S)N[C@@H](c3ccccn3)[C@H]2c2cccn2C2CCCCC2)cc1. The highest BCUT2D eigenvalue weighted by Gasteiger charge is 2.42. The Hall–Kier alpha value is -4.17. The molecule has 2 fully saturated rings. The summed E-state index contributed by atoms with van der Waals surface area (Å²) in [6.07, 6.45) is 10.3. The van der Waals surface area contributed by atoms with E-state index in [9.17, 15) is 4.79 Å². The quantitative estimate of drug-likeness (QED) is 0.241. The van der Waals surface area contributed by atoms with Crippen LogP contribution in [0.15, 0.2) is 97.3 Å². The Kier molecular flexibility index (Phi) is 7.77. The van der Waals surface area contributed by atoms with Crippen molar-refractivity contribution in [3.63, 3.8) is 0 Å². The molecule has 1 saturated carbocycles. The summed E-state index contributed by atoms with van der Waals surface area (Å²) < 4.78 is 8.04. The monoisotopic (exact) mass is 551 g/mol. The Bertz CT molecular complexity index is 1440. The second-order valence-electron chi connectivity index (χ2n) is 10.3. The Labute approximate surface area is 240 Å². The third-order valence-corrected chi connectivity index (χ3v) is 8.04. The molecule has 2 atom stereocenters. The van der Waals surface area contributed by atoms with E-state index in [1.165, 1.54) is 37.8 Å². The van der Waals surface area contributed by atoms with E-state index >= 15 is 0 Å². The third-order valence-electron chi connectivity index (χ3n) is 7.72. The summed E-state index contributed by atoms with van der Waals surface area (Å²) in [5, 5.41) is 7.14. The Morgan fingerprint density at radius 1 is 0.950 bits per heavy atom. The van der Waals surface area contributed by atoms with Crippen molar-refractivity contribution < 1.29 is 9.53 Å². The van der Waals surface area contributed by atoms with Crippen molar-refractivity contribution in [2.75, 3.05) is 16.8 Å². The molecule has 1 aliphatic carbocycles. The lowest BCUT2D eigenvalue weighted by atomic mass is 9.94. The van der Waals surface area contributed by atoms with Crippen LogP contribution >= 0.6 is 12.2 Å². The van der Waals surface area contributed by atoms with Crippen LogP contribution in [0.2, 0.25) is 0 Å². The van der Waals surface area contributed by atoms with E-state index in [1.807, 2.05) is 72.9 Å². The van der Waals surface area contributed by atoms with Crippen molar-refractivity contribution in [2.24, 2.45) is 0 Å². The molecule has 3 heterocycles. The number of nitrogens with one attached hydrogen (secondary N) is 2. The minimum Gasteiger partial charge on any atom is -0.484 e. The number of carbonyl (C=O) groups is 1. The maximum Gasteiger partial charge on any atom is 0.262 e. The first-order valence-electron chi connectivity index (χ1n) is 13.9. The molecule has 4 aromatic rings. The van der Waals surface area contributed by atoms with E-state index in [4.69, 9.17) is 21.9 Å². The lowest BCUT2D eigenvalue weighted by Gasteiger charge is -2.32. The van der Waals surface area contributed by atoms with Crippen molar-refractivity contribution in [3.8, 4) is 5.75 Å². The second-order valence-corrected chi connectivity index (χ2v) is 10.7. The van der Waals surface area contributed by atoms with E-state index in [1.54, 1.807) is 0 Å². The van der Waals surface area contributed by atoms with Crippen LogP contribution in [0.25, 0.3) is 0 Å². The molecule has 0 unspecified atom stereocenters. The van der Waals surface area contributed by atoms with Crippen LogP contribution in [0, 0.1) is 0 Å². The smallest absolute Gasteiger partial charge is 0.262 e. The molecule has 8 heteroatoms. The van der Waals surface area contributed by atoms with E-state index in [2.05, 4.69) is 44.5 Å². The number of carbonyl (C=O) groups excluding carboxylic acids is 1. The summed E-state index contributed by atoms with van der Waals surface area (Å²) in [6, 6.07) is 27.8. The van der Waals surface area contributed by atoms with Crippen molar-refractivity contribution in [1.29, 1.82) is 0 Å². The summed E-state index contributed by atoms with van der Waals surface area (Å²) >= 11 is 5.93. The van der Waals surface area contributed by atoms with Crippen molar-refractivity contribution in [2.45, 2.75) is 50.2 Å². The van der Waals surface area contributed by atoms with Gasteiger partial charge in [0.25, 0.3) is 5.91 Å². The highest BCUT2D eigenvalue weighted by Crippen LogP contribution is 2.43. The molecule has 1 aliphatic heterocycles. The van der Waals surface area contributed by atoms with Gasteiger partial charge in [0.15, 0.2) is 11.7 Å². The van der Waals surface area contributed by atoms with Gasteiger partial charge in [-0.15, -0.1) is 0 Å². The molecule has 0 radical (unpaired) electrons. The molecule has 40 heavy (non-hydrogen) atoms. The minimum absolute atomic E-state index is 0.0577. The Balaban J connectivity index is 1.25. The summed E-state index contributed by atoms with van der Waals surface area (Å²) in [5.41, 5.74) is 3.84. The summed E-state index contributed by atoms with van der Waals surface area (Å²) in [5.74, 6) is 0.447. The number of nitrogens with zero attached hydrogens (tertiary/aromatic N) is 3. The predicted molar refractivity (Wildman–Crippen MR) is 161 cm³/mol.